The van der Waals surface area contributed by atoms with Gasteiger partial charge in [0.15, 0.2) is 0 Å². The monoisotopic (exact) mass is 538 g/mol. The lowest BCUT2D eigenvalue weighted by Gasteiger charge is -2.24. The lowest BCUT2D eigenvalue weighted by atomic mass is 9.98. The molecule has 0 aliphatic rings. The van der Waals surface area contributed by atoms with Crippen LogP contribution in [0.2, 0.25) is 10.0 Å². The number of carbonyl (C=O) groups is 1. The lowest BCUT2D eigenvalue weighted by Crippen LogP contribution is -2.30. The van der Waals surface area contributed by atoms with Gasteiger partial charge in [0.05, 0.1) is 34.6 Å². The van der Waals surface area contributed by atoms with Gasteiger partial charge < -0.3 is 5.32 Å². The number of rotatable bonds is 8. The molecule has 0 atom stereocenters. The Balaban J connectivity index is 1.56. The molecule has 8 heteroatoms. The smallest absolute Gasteiger partial charge is 0.252 e. The van der Waals surface area contributed by atoms with E-state index in [0.29, 0.717) is 16.8 Å². The third-order valence-corrected chi connectivity index (χ3v) is 7.62. The van der Waals surface area contributed by atoms with Gasteiger partial charge in [-0.15, -0.1) is 0 Å². The van der Waals surface area contributed by atoms with E-state index in [1.54, 1.807) is 42.5 Å². The van der Waals surface area contributed by atoms with E-state index in [9.17, 15) is 13.2 Å². The van der Waals surface area contributed by atoms with Crippen molar-refractivity contribution in [3.8, 4) is 0 Å². The Hall–Kier alpha value is -3.32. The van der Waals surface area contributed by atoms with Gasteiger partial charge >= 0.3 is 0 Å². The van der Waals surface area contributed by atoms with Crippen molar-refractivity contribution in [1.29, 1.82) is 0 Å². The Kier molecular flexibility index (Phi) is 7.99. The van der Waals surface area contributed by atoms with Crippen molar-refractivity contribution in [2.75, 3.05) is 10.6 Å². The van der Waals surface area contributed by atoms with E-state index >= 15 is 0 Å². The Labute approximate surface area is 221 Å². The summed E-state index contributed by atoms with van der Waals surface area (Å²) in [5, 5.41) is 3.54. The van der Waals surface area contributed by atoms with Gasteiger partial charge in [-0.05, 0) is 41.0 Å². The second kappa shape index (κ2) is 11.2. The predicted octanol–water partition coefficient (Wildman–Crippen LogP) is 6.48. The molecule has 0 bridgehead atoms. The third kappa shape index (κ3) is 6.08. The van der Waals surface area contributed by atoms with Gasteiger partial charge in [-0.2, -0.15) is 0 Å². The minimum absolute atomic E-state index is 0.0391. The maximum Gasteiger partial charge on any atom is 0.252 e. The van der Waals surface area contributed by atoms with E-state index in [1.807, 2.05) is 60.7 Å². The first-order valence-corrected chi connectivity index (χ1v) is 13.8. The molecule has 5 nitrogen and oxygen atoms in total. The second-order valence-corrected chi connectivity index (χ2v) is 11.0. The molecular formula is C28H24Cl2N2O3S. The zero-order valence-electron chi connectivity index (χ0n) is 19.4. The van der Waals surface area contributed by atoms with E-state index in [0.717, 1.165) is 17.4 Å². The van der Waals surface area contributed by atoms with Crippen molar-refractivity contribution < 1.29 is 13.2 Å². The fraction of sp³-hybridized carbons (Fsp3) is 0.107. The molecule has 0 heterocycles. The fourth-order valence-electron chi connectivity index (χ4n) is 3.86. The second-order valence-electron chi connectivity index (χ2n) is 8.27. The number of anilines is 1. The highest BCUT2D eigenvalue weighted by molar-refractivity contribution is 7.92. The molecule has 36 heavy (non-hydrogen) atoms. The van der Waals surface area contributed by atoms with Gasteiger partial charge in [0, 0.05) is 5.56 Å². The van der Waals surface area contributed by atoms with Crippen molar-refractivity contribution in [2.24, 2.45) is 0 Å². The van der Waals surface area contributed by atoms with Gasteiger partial charge in [0.2, 0.25) is 10.0 Å². The molecule has 4 aromatic rings. The average Bonchev–Trinajstić information content (AvgIpc) is 2.88. The normalized spacial score (nSPS) is 11.3. The summed E-state index contributed by atoms with van der Waals surface area (Å²) >= 11 is 12.4. The number of sulfonamides is 1. The molecule has 0 saturated heterocycles. The molecule has 4 aromatic carbocycles. The van der Waals surface area contributed by atoms with Crippen molar-refractivity contribution in [1.82, 2.24) is 5.32 Å². The predicted molar refractivity (Wildman–Crippen MR) is 146 cm³/mol. The third-order valence-electron chi connectivity index (χ3n) is 5.68. The van der Waals surface area contributed by atoms with Gasteiger partial charge in [0.25, 0.3) is 5.91 Å². The number of benzene rings is 4. The molecule has 1 amide bonds. The summed E-state index contributed by atoms with van der Waals surface area (Å²) in [5.41, 5.74) is 3.38. The molecule has 184 valence electrons. The summed E-state index contributed by atoms with van der Waals surface area (Å²) in [6.45, 7) is 0.0391. The number of nitrogens with one attached hydrogen (secondary N) is 1. The van der Waals surface area contributed by atoms with Crippen LogP contribution in [-0.2, 0) is 16.6 Å². The Morgan fingerprint density at radius 2 is 1.36 bits per heavy atom. The molecule has 4 rings (SSSR count). The summed E-state index contributed by atoms with van der Waals surface area (Å²) in [7, 11) is -3.65. The fourth-order valence-corrected chi connectivity index (χ4v) is 5.20. The Bertz CT molecular complexity index is 1410. The first kappa shape index (κ1) is 25.8. The maximum absolute atomic E-state index is 13.1. The molecule has 0 aliphatic heterocycles. The van der Waals surface area contributed by atoms with E-state index in [-0.39, 0.29) is 28.5 Å². The van der Waals surface area contributed by atoms with Crippen LogP contribution in [0.1, 0.15) is 33.1 Å². The molecule has 0 aliphatic carbocycles. The van der Waals surface area contributed by atoms with Crippen molar-refractivity contribution in [2.45, 2.75) is 12.6 Å². The van der Waals surface area contributed by atoms with E-state index in [1.165, 1.54) is 4.31 Å². The highest BCUT2D eigenvalue weighted by Gasteiger charge is 2.22. The molecule has 1 N–H and O–H groups in total. The molecule has 0 fully saturated rings. The topological polar surface area (TPSA) is 66.5 Å². The van der Waals surface area contributed by atoms with Gasteiger partial charge in [0.1, 0.15) is 0 Å². The summed E-state index contributed by atoms with van der Waals surface area (Å²) in [6.07, 6.45) is 1.11. The lowest BCUT2D eigenvalue weighted by molar-refractivity contribution is 0.0943. The Morgan fingerprint density at radius 3 is 1.89 bits per heavy atom. The minimum Gasteiger partial charge on any atom is -0.341 e. The van der Waals surface area contributed by atoms with Crippen molar-refractivity contribution in [3.05, 3.63) is 135 Å². The zero-order valence-corrected chi connectivity index (χ0v) is 21.8. The van der Waals surface area contributed by atoms with Crippen LogP contribution in [0.4, 0.5) is 5.69 Å². The van der Waals surface area contributed by atoms with Crippen LogP contribution < -0.4 is 9.62 Å². The molecular weight excluding hydrogens is 515 g/mol. The number of halogens is 2. The number of hydrogen-bond donors (Lipinski definition) is 1. The molecule has 0 aromatic heterocycles. The molecule has 0 spiro atoms. The summed E-state index contributed by atoms with van der Waals surface area (Å²) in [5.74, 6) is -0.239. The van der Waals surface area contributed by atoms with Gasteiger partial charge in [-0.1, -0.05) is 102 Å². The van der Waals surface area contributed by atoms with E-state index in [2.05, 4.69) is 5.32 Å². The standard InChI is InChI=1S/C28H24Cl2N2O3S/c1-36(34,35)32(25-14-8-13-24(29)26(25)30)19-20-15-17-23(18-16-20)28(33)31-27(21-9-4-2-5-10-21)22-11-6-3-7-12-22/h2-18,27H,19H2,1H3,(H,31,33). The van der Waals surface area contributed by atoms with Crippen LogP contribution in [0.5, 0.6) is 0 Å². The summed E-state index contributed by atoms with van der Waals surface area (Å²) < 4.78 is 26.2. The summed E-state index contributed by atoms with van der Waals surface area (Å²) in [4.78, 5) is 13.1. The van der Waals surface area contributed by atoms with Crippen molar-refractivity contribution >= 4 is 44.8 Å². The van der Waals surface area contributed by atoms with Crippen LogP contribution in [0.3, 0.4) is 0 Å². The van der Waals surface area contributed by atoms with Crippen LogP contribution in [-0.4, -0.2) is 20.6 Å². The van der Waals surface area contributed by atoms with Gasteiger partial charge in [-0.3, -0.25) is 9.10 Å². The quantitative estimate of drug-likeness (QED) is 0.279. The maximum atomic E-state index is 13.1. The number of amides is 1. The van der Waals surface area contributed by atoms with Gasteiger partial charge in [-0.25, -0.2) is 8.42 Å². The number of nitrogens with zero attached hydrogens (tertiary/aromatic N) is 1. The number of carbonyl (C=O) groups excluding carboxylic acids is 1. The van der Waals surface area contributed by atoms with Crippen molar-refractivity contribution in [3.63, 3.8) is 0 Å². The largest absolute Gasteiger partial charge is 0.341 e. The number of hydrogen-bond acceptors (Lipinski definition) is 3. The minimum atomic E-state index is -3.65. The molecule has 0 saturated carbocycles. The molecule has 0 unspecified atom stereocenters. The van der Waals surface area contributed by atoms with E-state index < -0.39 is 10.0 Å². The highest BCUT2D eigenvalue weighted by atomic mass is 35.5. The van der Waals surface area contributed by atoms with Crippen LogP contribution >= 0.6 is 23.2 Å². The van der Waals surface area contributed by atoms with Crippen LogP contribution in [0.25, 0.3) is 0 Å². The average molecular weight is 539 g/mol. The first-order valence-electron chi connectivity index (χ1n) is 11.2. The summed E-state index contributed by atoms with van der Waals surface area (Å²) in [6, 6.07) is 30.8. The van der Waals surface area contributed by atoms with Crippen LogP contribution in [0.15, 0.2) is 103 Å². The van der Waals surface area contributed by atoms with Crippen LogP contribution in [0, 0.1) is 0 Å². The van der Waals surface area contributed by atoms with E-state index in [4.69, 9.17) is 23.2 Å². The highest BCUT2D eigenvalue weighted by Crippen LogP contribution is 2.34. The SMILES string of the molecule is CS(=O)(=O)N(Cc1ccc(C(=O)NC(c2ccccc2)c2ccccc2)cc1)c1cccc(Cl)c1Cl. The zero-order chi connectivity index (χ0) is 25.7. The molecule has 0 radical (unpaired) electrons. The Morgan fingerprint density at radius 1 is 0.806 bits per heavy atom. The first-order chi connectivity index (χ1) is 17.2.